The lowest BCUT2D eigenvalue weighted by molar-refractivity contribution is -0.129. The average Bonchev–Trinajstić information content (AvgIpc) is 2.97. The van der Waals surface area contributed by atoms with Gasteiger partial charge < -0.3 is 10.1 Å². The Morgan fingerprint density at radius 1 is 1.10 bits per heavy atom. The highest BCUT2D eigenvalue weighted by Crippen LogP contribution is 2.24. The molecule has 0 unspecified atom stereocenters. The number of benzene rings is 2. The van der Waals surface area contributed by atoms with Crippen molar-refractivity contribution in [3.05, 3.63) is 82.9 Å². The number of nitrogens with zero attached hydrogens (tertiary/aromatic N) is 1. The lowest BCUT2D eigenvalue weighted by Crippen LogP contribution is -2.35. The first-order valence-electron chi connectivity index (χ1n) is 9.47. The molecule has 7 heteroatoms. The van der Waals surface area contributed by atoms with Gasteiger partial charge >= 0.3 is 5.97 Å². The second-order valence-corrected chi connectivity index (χ2v) is 7.02. The zero-order valence-corrected chi connectivity index (χ0v) is 16.8. The molecule has 154 valence electrons. The number of aryl methyl sites for hydroxylation is 1. The fourth-order valence-electron chi connectivity index (χ4n) is 3.03. The molecule has 0 saturated heterocycles. The van der Waals surface area contributed by atoms with Crippen LogP contribution in [0.5, 0.6) is 0 Å². The van der Waals surface area contributed by atoms with Gasteiger partial charge in [0, 0.05) is 13.1 Å². The summed E-state index contributed by atoms with van der Waals surface area (Å²) in [5.74, 6) is -2.11. The van der Waals surface area contributed by atoms with Gasteiger partial charge in [0.05, 0.1) is 16.7 Å². The van der Waals surface area contributed by atoms with Crippen molar-refractivity contribution < 1.29 is 23.9 Å². The van der Waals surface area contributed by atoms with E-state index in [4.69, 9.17) is 4.74 Å². The minimum Gasteiger partial charge on any atom is -0.449 e. The average molecular weight is 406 g/mol. The predicted molar refractivity (Wildman–Crippen MR) is 110 cm³/mol. The summed E-state index contributed by atoms with van der Waals surface area (Å²) in [5.41, 5.74) is 2.50. The Balaban J connectivity index is 1.62. The van der Waals surface area contributed by atoms with Crippen LogP contribution in [0.15, 0.2) is 55.1 Å². The fourth-order valence-corrected chi connectivity index (χ4v) is 3.03. The van der Waals surface area contributed by atoms with Crippen molar-refractivity contribution in [2.75, 3.05) is 6.54 Å². The first-order chi connectivity index (χ1) is 14.3. The van der Waals surface area contributed by atoms with Gasteiger partial charge in [-0.15, -0.1) is 6.58 Å². The number of nitrogens with one attached hydrogen (secondary N) is 1. The maximum absolute atomic E-state index is 12.4. The van der Waals surface area contributed by atoms with E-state index in [0.717, 1.165) is 16.0 Å². The molecule has 2 aromatic carbocycles. The van der Waals surface area contributed by atoms with Gasteiger partial charge in [-0.25, -0.2) is 4.79 Å². The Bertz CT molecular complexity index is 1030. The van der Waals surface area contributed by atoms with Crippen molar-refractivity contribution in [2.45, 2.75) is 26.5 Å². The zero-order chi connectivity index (χ0) is 21.8. The first-order valence-corrected chi connectivity index (χ1v) is 9.47. The number of ether oxygens (including phenoxy) is 1. The molecule has 1 atom stereocenters. The van der Waals surface area contributed by atoms with Crippen LogP contribution in [0, 0.1) is 6.92 Å². The summed E-state index contributed by atoms with van der Waals surface area (Å²) in [6.45, 7) is 7.38. The Labute approximate surface area is 174 Å². The van der Waals surface area contributed by atoms with Crippen molar-refractivity contribution >= 4 is 23.7 Å². The first kappa shape index (κ1) is 21.0. The van der Waals surface area contributed by atoms with E-state index >= 15 is 0 Å². The number of rotatable bonds is 7. The van der Waals surface area contributed by atoms with E-state index < -0.39 is 29.8 Å². The summed E-state index contributed by atoms with van der Waals surface area (Å²) < 4.78 is 5.22. The number of hydrogen-bond acceptors (Lipinski definition) is 5. The maximum atomic E-state index is 12.4. The molecule has 0 radical (unpaired) electrons. The van der Waals surface area contributed by atoms with Crippen LogP contribution in [-0.2, 0) is 16.1 Å². The largest absolute Gasteiger partial charge is 0.449 e. The summed E-state index contributed by atoms with van der Waals surface area (Å²) in [6.07, 6.45) is 0.430. The molecule has 3 amide bonds. The molecule has 30 heavy (non-hydrogen) atoms. The van der Waals surface area contributed by atoms with Crippen molar-refractivity contribution in [3.8, 4) is 0 Å². The predicted octanol–water partition coefficient (Wildman–Crippen LogP) is 2.64. The van der Waals surface area contributed by atoms with Crippen LogP contribution in [0.1, 0.15) is 49.1 Å². The molecule has 0 aliphatic carbocycles. The van der Waals surface area contributed by atoms with E-state index in [1.165, 1.54) is 31.2 Å². The number of carbonyl (C=O) groups excluding carboxylic acids is 4. The van der Waals surface area contributed by atoms with Gasteiger partial charge in [0.2, 0.25) is 0 Å². The number of esters is 1. The molecule has 7 nitrogen and oxygen atoms in total. The third-order valence-electron chi connectivity index (χ3n) is 4.76. The summed E-state index contributed by atoms with van der Waals surface area (Å²) in [7, 11) is 0. The molecular weight excluding hydrogens is 384 g/mol. The molecule has 0 fully saturated rings. The third-order valence-corrected chi connectivity index (χ3v) is 4.76. The van der Waals surface area contributed by atoms with Crippen molar-refractivity contribution in [1.82, 2.24) is 10.2 Å². The highest BCUT2D eigenvalue weighted by atomic mass is 16.5. The molecular formula is C23H22N2O5. The van der Waals surface area contributed by atoms with Gasteiger partial charge in [0.25, 0.3) is 17.7 Å². The van der Waals surface area contributed by atoms with Crippen LogP contribution in [0.3, 0.4) is 0 Å². The van der Waals surface area contributed by atoms with Gasteiger partial charge in [-0.05, 0) is 37.6 Å². The monoisotopic (exact) mass is 406 g/mol. The Morgan fingerprint density at radius 2 is 1.77 bits per heavy atom. The quantitative estimate of drug-likeness (QED) is 0.434. The third kappa shape index (κ3) is 4.30. The molecule has 2 aromatic rings. The summed E-state index contributed by atoms with van der Waals surface area (Å²) >= 11 is 0. The Morgan fingerprint density at radius 3 is 2.43 bits per heavy atom. The van der Waals surface area contributed by atoms with Gasteiger partial charge in [-0.3, -0.25) is 19.3 Å². The highest BCUT2D eigenvalue weighted by Gasteiger charge is 2.35. The van der Waals surface area contributed by atoms with E-state index in [2.05, 4.69) is 11.9 Å². The molecule has 0 saturated carbocycles. The lowest BCUT2D eigenvalue weighted by Gasteiger charge is -2.14. The van der Waals surface area contributed by atoms with E-state index in [0.29, 0.717) is 6.54 Å². The summed E-state index contributed by atoms with van der Waals surface area (Å²) in [6, 6.07) is 11.8. The van der Waals surface area contributed by atoms with E-state index in [9.17, 15) is 19.2 Å². The number of amides is 3. The van der Waals surface area contributed by atoms with Gasteiger partial charge in [0.15, 0.2) is 6.10 Å². The highest BCUT2D eigenvalue weighted by molar-refractivity contribution is 6.22. The van der Waals surface area contributed by atoms with Crippen molar-refractivity contribution in [3.63, 3.8) is 0 Å². The lowest BCUT2D eigenvalue weighted by atomic mass is 10.1. The normalized spacial score (nSPS) is 13.6. The molecule has 0 aromatic heterocycles. The number of hydrogen-bond donors (Lipinski definition) is 1. The number of imide groups is 1. The van der Waals surface area contributed by atoms with E-state index in [1.54, 1.807) is 0 Å². The van der Waals surface area contributed by atoms with Crippen LogP contribution in [-0.4, -0.2) is 41.2 Å². The van der Waals surface area contributed by atoms with Crippen molar-refractivity contribution in [1.29, 1.82) is 0 Å². The molecule has 3 rings (SSSR count). The second-order valence-electron chi connectivity index (χ2n) is 7.02. The zero-order valence-electron chi connectivity index (χ0n) is 16.8. The summed E-state index contributed by atoms with van der Waals surface area (Å²) in [4.78, 5) is 50.4. The molecule has 1 aliphatic rings. The Kier molecular flexibility index (Phi) is 6.11. The molecule has 0 bridgehead atoms. The number of fused-ring (bicyclic) bond motifs is 1. The van der Waals surface area contributed by atoms with Crippen LogP contribution in [0.4, 0.5) is 0 Å². The van der Waals surface area contributed by atoms with Crippen LogP contribution >= 0.6 is 0 Å². The van der Waals surface area contributed by atoms with Gasteiger partial charge in [0.1, 0.15) is 0 Å². The topological polar surface area (TPSA) is 92.8 Å². The van der Waals surface area contributed by atoms with Crippen molar-refractivity contribution in [2.24, 2.45) is 0 Å². The van der Waals surface area contributed by atoms with Crippen LogP contribution in [0.2, 0.25) is 0 Å². The molecule has 1 aliphatic heterocycles. The molecule has 1 heterocycles. The smallest absolute Gasteiger partial charge is 0.338 e. The molecule has 1 N–H and O–H groups in total. The van der Waals surface area contributed by atoms with Gasteiger partial charge in [-0.2, -0.15) is 0 Å². The van der Waals surface area contributed by atoms with E-state index in [-0.39, 0.29) is 23.2 Å². The number of carbonyl (C=O) groups is 4. The molecule has 0 spiro atoms. The van der Waals surface area contributed by atoms with Gasteiger partial charge in [-0.1, -0.05) is 35.9 Å². The summed E-state index contributed by atoms with van der Waals surface area (Å²) in [5, 5.41) is 2.72. The van der Waals surface area contributed by atoms with Crippen LogP contribution in [0.25, 0.3) is 0 Å². The SMILES string of the molecule is C=CCN1C(=O)c2ccc(C(=O)O[C@@H](C)C(=O)NCc3ccc(C)cc3)cc2C1=O. The van der Waals surface area contributed by atoms with Crippen LogP contribution < -0.4 is 5.32 Å². The Hall–Kier alpha value is -3.74. The minimum absolute atomic E-state index is 0.0876. The van der Waals surface area contributed by atoms with E-state index in [1.807, 2.05) is 31.2 Å². The maximum Gasteiger partial charge on any atom is 0.338 e. The standard InChI is InChI=1S/C23H22N2O5/c1-4-11-25-21(27)18-10-9-17(12-19(18)22(25)28)23(29)30-15(3)20(26)24-13-16-7-5-14(2)6-8-16/h4-10,12,15H,1,11,13H2,2-3H3,(H,24,26)/t15-/m0/s1. The minimum atomic E-state index is -1.02. The fraction of sp³-hybridized carbons (Fsp3) is 0.217. The second kappa shape index (κ2) is 8.73.